The van der Waals surface area contributed by atoms with Crippen molar-refractivity contribution >= 4 is 23.4 Å². The molecule has 1 aliphatic carbocycles. The first kappa shape index (κ1) is 20.1. The topological polar surface area (TPSA) is 87.7 Å². The van der Waals surface area contributed by atoms with Crippen LogP contribution in [0.2, 0.25) is 5.02 Å². The Morgan fingerprint density at radius 2 is 1.89 bits per heavy atom. The van der Waals surface area contributed by atoms with Crippen LogP contribution in [0.15, 0.2) is 18.2 Å². The Balaban J connectivity index is 1.46. The predicted octanol–water partition coefficient (Wildman–Crippen LogP) is 2.20. The van der Waals surface area contributed by atoms with Crippen molar-refractivity contribution < 1.29 is 19.4 Å². The Hall–Kier alpha value is -1.63. The van der Waals surface area contributed by atoms with E-state index in [0.717, 1.165) is 31.2 Å². The third-order valence-electron chi connectivity index (χ3n) is 5.50. The summed E-state index contributed by atoms with van der Waals surface area (Å²) in [4.78, 5) is 24.9. The van der Waals surface area contributed by atoms with Gasteiger partial charge in [0.2, 0.25) is 5.91 Å². The van der Waals surface area contributed by atoms with Crippen molar-refractivity contribution in [2.24, 2.45) is 5.92 Å². The number of carbonyl (C=O) groups excluding carboxylic acids is 2. The van der Waals surface area contributed by atoms with E-state index in [1.807, 2.05) is 6.92 Å². The van der Waals surface area contributed by atoms with Crippen molar-refractivity contribution in [3.05, 3.63) is 34.3 Å². The van der Waals surface area contributed by atoms with Crippen molar-refractivity contribution in [1.29, 1.82) is 0 Å². The van der Waals surface area contributed by atoms with E-state index in [4.69, 9.17) is 16.3 Å². The minimum Gasteiger partial charge on any atom is -0.391 e. The van der Waals surface area contributed by atoms with Crippen molar-refractivity contribution in [2.45, 2.75) is 57.2 Å². The van der Waals surface area contributed by atoms with Crippen molar-refractivity contribution in [2.75, 3.05) is 13.2 Å². The zero-order valence-corrected chi connectivity index (χ0v) is 16.3. The molecule has 0 aromatic heterocycles. The fourth-order valence-electron chi connectivity index (χ4n) is 3.72. The van der Waals surface area contributed by atoms with Gasteiger partial charge in [0.1, 0.15) is 0 Å². The molecule has 3 rings (SSSR count). The monoisotopic (exact) mass is 394 g/mol. The van der Waals surface area contributed by atoms with Crippen molar-refractivity contribution in [3.63, 3.8) is 0 Å². The molecule has 27 heavy (non-hydrogen) atoms. The van der Waals surface area contributed by atoms with Gasteiger partial charge in [-0.05, 0) is 62.8 Å². The molecule has 2 amide bonds. The van der Waals surface area contributed by atoms with Gasteiger partial charge in [0.25, 0.3) is 5.91 Å². The molecule has 7 heteroatoms. The second-order valence-corrected chi connectivity index (χ2v) is 7.94. The molecular weight excluding hydrogens is 368 g/mol. The van der Waals surface area contributed by atoms with Crippen molar-refractivity contribution in [1.82, 2.24) is 10.6 Å². The maximum atomic E-state index is 12.5. The summed E-state index contributed by atoms with van der Waals surface area (Å²) in [6.07, 6.45) is 2.98. The summed E-state index contributed by atoms with van der Waals surface area (Å²) in [6, 6.07) is 4.99. The zero-order chi connectivity index (χ0) is 19.4. The van der Waals surface area contributed by atoms with E-state index in [-0.39, 0.29) is 29.8 Å². The lowest BCUT2D eigenvalue weighted by molar-refractivity contribution is -0.129. The summed E-state index contributed by atoms with van der Waals surface area (Å²) in [5.74, 6) is -0.210. The van der Waals surface area contributed by atoms with E-state index in [9.17, 15) is 14.7 Å². The highest BCUT2D eigenvalue weighted by Gasteiger charge is 2.31. The first-order chi connectivity index (χ1) is 12.9. The Kier molecular flexibility index (Phi) is 6.73. The normalized spacial score (nSPS) is 28.4. The molecule has 1 aromatic rings. The maximum absolute atomic E-state index is 12.5. The molecule has 0 radical (unpaired) electrons. The van der Waals surface area contributed by atoms with Gasteiger partial charge in [-0.15, -0.1) is 0 Å². The van der Waals surface area contributed by atoms with Crippen molar-refractivity contribution in [3.8, 4) is 0 Å². The lowest BCUT2D eigenvalue weighted by Gasteiger charge is -2.32. The van der Waals surface area contributed by atoms with Gasteiger partial charge in [0.05, 0.1) is 18.8 Å². The number of carbonyl (C=O) groups is 2. The summed E-state index contributed by atoms with van der Waals surface area (Å²) < 4.78 is 5.33. The number of aryl methyl sites for hydroxylation is 1. The number of nitrogens with one attached hydrogen (secondary N) is 2. The molecule has 1 saturated carbocycles. The van der Waals surface area contributed by atoms with Gasteiger partial charge in [-0.3, -0.25) is 9.59 Å². The van der Waals surface area contributed by atoms with Gasteiger partial charge in [0, 0.05) is 29.2 Å². The van der Waals surface area contributed by atoms with E-state index in [1.165, 1.54) is 0 Å². The Bertz CT molecular complexity index is 689. The number of halogens is 1. The summed E-state index contributed by atoms with van der Waals surface area (Å²) in [5, 5.41) is 16.6. The molecule has 0 spiro atoms. The Morgan fingerprint density at radius 1 is 1.15 bits per heavy atom. The van der Waals surface area contributed by atoms with E-state index in [0.29, 0.717) is 30.2 Å². The Labute approximate surface area is 164 Å². The molecule has 6 nitrogen and oxygen atoms in total. The fraction of sp³-hybridized carbons (Fsp3) is 0.600. The largest absolute Gasteiger partial charge is 0.391 e. The summed E-state index contributed by atoms with van der Waals surface area (Å²) in [6.45, 7) is 2.77. The number of aliphatic hydroxyl groups excluding tert-OH is 1. The van der Waals surface area contributed by atoms with Crippen LogP contribution in [-0.4, -0.2) is 48.3 Å². The third-order valence-corrected chi connectivity index (χ3v) is 5.92. The molecule has 1 aromatic carbocycles. The van der Waals surface area contributed by atoms with E-state index < -0.39 is 6.10 Å². The number of hydrogen-bond donors (Lipinski definition) is 3. The smallest absolute Gasteiger partial charge is 0.251 e. The number of benzene rings is 1. The highest BCUT2D eigenvalue weighted by molar-refractivity contribution is 6.31. The minimum atomic E-state index is -0.541. The number of ether oxygens (including phenoxy) is 1. The molecule has 1 saturated heterocycles. The first-order valence-corrected chi connectivity index (χ1v) is 9.95. The average Bonchev–Trinajstić information content (AvgIpc) is 2.66. The number of rotatable bonds is 4. The van der Waals surface area contributed by atoms with Gasteiger partial charge in [-0.25, -0.2) is 0 Å². The fourth-order valence-corrected chi connectivity index (χ4v) is 3.84. The summed E-state index contributed by atoms with van der Waals surface area (Å²) >= 11 is 6.01. The second kappa shape index (κ2) is 9.04. The van der Waals surface area contributed by atoms with Crippen LogP contribution in [0.5, 0.6) is 0 Å². The molecular formula is C20H27ClN2O4. The van der Waals surface area contributed by atoms with Crippen LogP contribution in [0.1, 0.15) is 48.0 Å². The predicted molar refractivity (Wildman–Crippen MR) is 103 cm³/mol. The van der Waals surface area contributed by atoms with Gasteiger partial charge >= 0.3 is 0 Å². The lowest BCUT2D eigenvalue weighted by Crippen LogP contribution is -2.51. The van der Waals surface area contributed by atoms with Gasteiger partial charge in [-0.2, -0.15) is 0 Å². The molecule has 2 atom stereocenters. The van der Waals surface area contributed by atoms with Gasteiger partial charge < -0.3 is 20.5 Å². The molecule has 148 valence electrons. The number of amides is 2. The quantitative estimate of drug-likeness (QED) is 0.730. The second-order valence-electron chi connectivity index (χ2n) is 7.53. The molecule has 1 aliphatic heterocycles. The lowest BCUT2D eigenvalue weighted by atomic mass is 9.85. The number of aliphatic hydroxyl groups is 1. The van der Waals surface area contributed by atoms with E-state index >= 15 is 0 Å². The zero-order valence-electron chi connectivity index (χ0n) is 15.5. The van der Waals surface area contributed by atoms with Crippen LogP contribution in [0, 0.1) is 12.8 Å². The van der Waals surface area contributed by atoms with Crippen LogP contribution in [0.3, 0.4) is 0 Å². The van der Waals surface area contributed by atoms with Crippen LogP contribution >= 0.6 is 11.6 Å². The molecule has 2 aliphatic rings. The molecule has 2 fully saturated rings. The first-order valence-electron chi connectivity index (χ1n) is 9.57. The maximum Gasteiger partial charge on any atom is 0.251 e. The number of hydrogen-bond acceptors (Lipinski definition) is 4. The molecule has 0 bridgehead atoms. The average molecular weight is 395 g/mol. The van der Waals surface area contributed by atoms with Crippen LogP contribution < -0.4 is 10.6 Å². The van der Waals surface area contributed by atoms with Crippen LogP contribution in [0.25, 0.3) is 0 Å². The third kappa shape index (κ3) is 5.21. The highest BCUT2D eigenvalue weighted by atomic mass is 35.5. The summed E-state index contributed by atoms with van der Waals surface area (Å²) in [5.41, 5.74) is 1.47. The summed E-state index contributed by atoms with van der Waals surface area (Å²) in [7, 11) is 0. The standard InChI is InChI=1S/C20H27ClN2O4/c1-12-10-14(4-7-16(12)21)20(26)22-15-5-2-13(3-6-15)19(25)23-17-11-27-9-8-18(17)24/h4,7,10,13,15,17-18,24H,2-3,5-6,8-9,11H2,1H3,(H,22,26)(H,23,25)/t13?,15?,17-,18+/m1/s1. The van der Waals surface area contributed by atoms with Crippen LogP contribution in [-0.2, 0) is 9.53 Å². The molecule has 0 unspecified atom stereocenters. The van der Waals surface area contributed by atoms with Crippen LogP contribution in [0.4, 0.5) is 0 Å². The molecule has 1 heterocycles. The van der Waals surface area contributed by atoms with E-state index in [2.05, 4.69) is 10.6 Å². The van der Waals surface area contributed by atoms with E-state index in [1.54, 1.807) is 18.2 Å². The Morgan fingerprint density at radius 3 is 2.56 bits per heavy atom. The van der Waals surface area contributed by atoms with Gasteiger partial charge in [-0.1, -0.05) is 11.6 Å². The SMILES string of the molecule is Cc1cc(C(=O)NC2CCC(C(=O)N[C@@H]3COCC[C@@H]3O)CC2)ccc1Cl. The molecule has 3 N–H and O–H groups in total. The minimum absolute atomic E-state index is 0.0253. The highest BCUT2D eigenvalue weighted by Crippen LogP contribution is 2.25. The van der Waals surface area contributed by atoms with Gasteiger partial charge in [0.15, 0.2) is 0 Å².